The average Bonchev–Trinajstić information content (AvgIpc) is 3.07. The lowest BCUT2D eigenvalue weighted by Gasteiger charge is -2.45. The number of carbonyl (C=O) groups is 1. The Kier molecular flexibility index (Phi) is 4.99. The fraction of sp³-hybridized carbons (Fsp3) is 0.529. The molecule has 0 bridgehead atoms. The summed E-state index contributed by atoms with van der Waals surface area (Å²) in [6, 6.07) is 9.87. The van der Waals surface area contributed by atoms with E-state index < -0.39 is 17.4 Å². The molecule has 128 valence electrons. The molecule has 0 atom stereocenters. The number of benzene rings is 1. The summed E-state index contributed by atoms with van der Waals surface area (Å²) in [5.74, 6) is -0.591. The van der Waals surface area contributed by atoms with Crippen LogP contribution >= 0.6 is 22.6 Å². The van der Waals surface area contributed by atoms with Gasteiger partial charge in [0.15, 0.2) is 5.79 Å². The Balaban J connectivity index is 1.95. The van der Waals surface area contributed by atoms with Crippen LogP contribution in [0.1, 0.15) is 25.7 Å². The molecule has 1 saturated heterocycles. The predicted octanol–water partition coefficient (Wildman–Crippen LogP) is 3.44. The van der Waals surface area contributed by atoms with E-state index in [1.807, 2.05) is 24.3 Å². The van der Waals surface area contributed by atoms with Crippen molar-refractivity contribution < 1.29 is 19.0 Å². The molecule has 6 nitrogen and oxygen atoms in total. The number of methoxy groups -OCH3 is 1. The molecule has 1 amide bonds. The van der Waals surface area contributed by atoms with Gasteiger partial charge in [-0.25, -0.2) is 4.79 Å². The van der Waals surface area contributed by atoms with Gasteiger partial charge < -0.3 is 14.2 Å². The Hall–Kier alpha value is -1.37. The van der Waals surface area contributed by atoms with Crippen LogP contribution in [0.5, 0.6) is 0 Å². The summed E-state index contributed by atoms with van der Waals surface area (Å²) in [5.41, 5.74) is -0.273. The molecule has 0 unspecified atom stereocenters. The minimum Gasteiger partial charge on any atom is -0.452 e. The van der Waals surface area contributed by atoms with Crippen molar-refractivity contribution in [1.29, 1.82) is 5.26 Å². The lowest BCUT2D eigenvalue weighted by Crippen LogP contribution is -2.56. The number of nitrogens with zero attached hydrogens (tertiary/aromatic N) is 2. The molecule has 1 saturated carbocycles. The molecule has 1 aromatic carbocycles. The molecule has 24 heavy (non-hydrogen) atoms. The van der Waals surface area contributed by atoms with Crippen molar-refractivity contribution in [3.05, 3.63) is 27.8 Å². The number of hydrogen-bond donors (Lipinski definition) is 0. The molecular formula is C17H19IN2O4. The first-order valence-corrected chi connectivity index (χ1v) is 8.96. The maximum atomic E-state index is 12.5. The fourth-order valence-electron chi connectivity index (χ4n) is 3.44. The summed E-state index contributed by atoms with van der Waals surface area (Å²) in [7, 11) is 1.34. The number of para-hydroxylation sites is 1. The van der Waals surface area contributed by atoms with Crippen molar-refractivity contribution >= 4 is 34.4 Å². The molecule has 2 fully saturated rings. The van der Waals surface area contributed by atoms with Crippen LogP contribution in [0, 0.1) is 14.9 Å². The molecule has 0 N–H and O–H groups in total. The van der Waals surface area contributed by atoms with Gasteiger partial charge in [-0.2, -0.15) is 5.26 Å². The maximum absolute atomic E-state index is 12.5. The van der Waals surface area contributed by atoms with Crippen LogP contribution in [0.15, 0.2) is 24.3 Å². The molecule has 0 radical (unpaired) electrons. The topological polar surface area (TPSA) is 71.8 Å². The number of ether oxygens (including phenoxy) is 3. The lowest BCUT2D eigenvalue weighted by atomic mass is 9.78. The summed E-state index contributed by atoms with van der Waals surface area (Å²) in [4.78, 5) is 14.0. The van der Waals surface area contributed by atoms with E-state index in [9.17, 15) is 10.1 Å². The van der Waals surface area contributed by atoms with Crippen molar-refractivity contribution in [2.24, 2.45) is 0 Å². The van der Waals surface area contributed by atoms with Gasteiger partial charge in [0.25, 0.3) is 0 Å². The van der Waals surface area contributed by atoms with Gasteiger partial charge in [0.2, 0.25) is 0 Å². The van der Waals surface area contributed by atoms with Gasteiger partial charge in [-0.1, -0.05) is 12.1 Å². The Labute approximate surface area is 154 Å². The highest BCUT2D eigenvalue weighted by molar-refractivity contribution is 14.1. The molecule has 1 aliphatic heterocycles. The molecule has 7 heteroatoms. The monoisotopic (exact) mass is 442 g/mol. The van der Waals surface area contributed by atoms with E-state index >= 15 is 0 Å². The SMILES string of the molecule is COC(=O)N(c1ccccc1I)C1(C#N)CCC2(CC1)OCCO2. The third kappa shape index (κ3) is 2.98. The Morgan fingerprint density at radius 1 is 1.25 bits per heavy atom. The maximum Gasteiger partial charge on any atom is 0.415 e. The zero-order valence-electron chi connectivity index (χ0n) is 13.5. The first-order chi connectivity index (χ1) is 11.6. The van der Waals surface area contributed by atoms with Crippen LogP contribution in [-0.4, -0.2) is 37.7 Å². The highest BCUT2D eigenvalue weighted by Gasteiger charge is 2.51. The van der Waals surface area contributed by atoms with Crippen molar-refractivity contribution in [3.8, 4) is 6.07 Å². The third-order valence-electron chi connectivity index (χ3n) is 4.74. The summed E-state index contributed by atoms with van der Waals surface area (Å²) in [5, 5.41) is 9.96. The first-order valence-electron chi connectivity index (χ1n) is 7.88. The number of halogens is 1. The van der Waals surface area contributed by atoms with Crippen LogP contribution in [0.4, 0.5) is 10.5 Å². The smallest absolute Gasteiger partial charge is 0.415 e. The fourth-order valence-corrected chi connectivity index (χ4v) is 4.07. The number of anilines is 1. The lowest BCUT2D eigenvalue weighted by molar-refractivity contribution is -0.181. The van der Waals surface area contributed by atoms with E-state index in [2.05, 4.69) is 28.7 Å². The summed E-state index contributed by atoms with van der Waals surface area (Å²) in [6.45, 7) is 1.16. The highest BCUT2D eigenvalue weighted by atomic mass is 127. The van der Waals surface area contributed by atoms with Gasteiger partial charge in [0, 0.05) is 16.4 Å². The minimum absolute atomic E-state index is 0.476. The highest BCUT2D eigenvalue weighted by Crippen LogP contribution is 2.45. The van der Waals surface area contributed by atoms with E-state index in [-0.39, 0.29) is 0 Å². The standard InChI is InChI=1S/C17H19IN2O4/c1-22-15(21)20(14-5-3-2-4-13(14)18)16(12-19)6-8-17(9-7-16)23-10-11-24-17/h2-5H,6-11H2,1H3. The normalized spacial score (nSPS) is 21.2. The molecule has 0 aromatic heterocycles. The minimum atomic E-state index is -0.963. The second kappa shape index (κ2) is 6.86. The largest absolute Gasteiger partial charge is 0.452 e. The van der Waals surface area contributed by atoms with Gasteiger partial charge in [-0.15, -0.1) is 0 Å². The summed E-state index contributed by atoms with van der Waals surface area (Å²) < 4.78 is 17.4. The summed E-state index contributed by atoms with van der Waals surface area (Å²) in [6.07, 6.45) is 1.59. The zero-order chi connectivity index (χ0) is 17.2. The van der Waals surface area contributed by atoms with Crippen molar-refractivity contribution in [3.63, 3.8) is 0 Å². The number of hydrogen-bond acceptors (Lipinski definition) is 5. The first kappa shape index (κ1) is 17.5. The average molecular weight is 442 g/mol. The van der Waals surface area contributed by atoms with Gasteiger partial charge in [-0.3, -0.25) is 4.90 Å². The summed E-state index contributed by atoms with van der Waals surface area (Å²) >= 11 is 2.17. The van der Waals surface area contributed by atoms with Gasteiger partial charge >= 0.3 is 6.09 Å². The molecule has 1 heterocycles. The molecule has 1 aliphatic carbocycles. The van der Waals surface area contributed by atoms with Crippen LogP contribution in [0.2, 0.25) is 0 Å². The van der Waals surface area contributed by atoms with Crippen molar-refractivity contribution in [1.82, 2.24) is 0 Å². The van der Waals surface area contributed by atoms with E-state index in [1.54, 1.807) is 0 Å². The van der Waals surface area contributed by atoms with E-state index in [4.69, 9.17) is 14.2 Å². The zero-order valence-corrected chi connectivity index (χ0v) is 15.6. The van der Waals surface area contributed by atoms with Gasteiger partial charge in [0.1, 0.15) is 5.54 Å². The Morgan fingerprint density at radius 2 is 1.88 bits per heavy atom. The van der Waals surface area contributed by atoms with Crippen molar-refractivity contribution in [2.75, 3.05) is 25.2 Å². The number of rotatable bonds is 2. The third-order valence-corrected chi connectivity index (χ3v) is 5.65. The number of amides is 1. The second-order valence-electron chi connectivity index (χ2n) is 6.01. The predicted molar refractivity (Wildman–Crippen MR) is 95.5 cm³/mol. The Morgan fingerprint density at radius 3 is 2.42 bits per heavy atom. The van der Waals surface area contributed by atoms with Crippen LogP contribution < -0.4 is 4.90 Å². The second-order valence-corrected chi connectivity index (χ2v) is 7.17. The number of nitriles is 1. The van der Waals surface area contributed by atoms with E-state index in [0.29, 0.717) is 44.6 Å². The molecule has 3 rings (SSSR count). The van der Waals surface area contributed by atoms with Gasteiger partial charge in [-0.05, 0) is 47.6 Å². The number of carbonyl (C=O) groups excluding carboxylic acids is 1. The van der Waals surface area contributed by atoms with Crippen molar-refractivity contribution in [2.45, 2.75) is 37.0 Å². The van der Waals surface area contributed by atoms with E-state index in [1.165, 1.54) is 12.0 Å². The Bertz CT molecular complexity index is 657. The van der Waals surface area contributed by atoms with Crippen LogP contribution in [-0.2, 0) is 14.2 Å². The molecule has 2 aliphatic rings. The molecular weight excluding hydrogens is 423 g/mol. The van der Waals surface area contributed by atoms with Crippen LogP contribution in [0.25, 0.3) is 0 Å². The quantitative estimate of drug-likeness (QED) is 0.657. The van der Waals surface area contributed by atoms with Crippen LogP contribution in [0.3, 0.4) is 0 Å². The van der Waals surface area contributed by atoms with Gasteiger partial charge in [0.05, 0.1) is 32.1 Å². The molecule has 1 aromatic rings. The molecule has 1 spiro atoms. The van der Waals surface area contributed by atoms with E-state index in [0.717, 1.165) is 3.57 Å².